The van der Waals surface area contributed by atoms with E-state index >= 15 is 0 Å². The summed E-state index contributed by atoms with van der Waals surface area (Å²) in [4.78, 5) is 4.68. The second-order valence-corrected chi connectivity index (χ2v) is 6.87. The molecule has 4 rings (SSSR count). The van der Waals surface area contributed by atoms with E-state index in [-0.39, 0.29) is 5.82 Å². The molecule has 5 heteroatoms. The number of fused-ring (bicyclic) bond motifs is 1. The lowest BCUT2D eigenvalue weighted by molar-refractivity contribution is 0.415. The molecule has 1 heterocycles. The number of anilines is 1. The van der Waals surface area contributed by atoms with E-state index in [1.165, 1.54) is 25.0 Å². The molecule has 0 atom stereocenters. The van der Waals surface area contributed by atoms with Gasteiger partial charge in [-0.1, -0.05) is 25.0 Å². The van der Waals surface area contributed by atoms with E-state index in [1.807, 2.05) is 18.2 Å². The van der Waals surface area contributed by atoms with E-state index < -0.39 is 0 Å². The number of benzene rings is 2. The fourth-order valence-corrected chi connectivity index (χ4v) is 3.91. The van der Waals surface area contributed by atoms with Gasteiger partial charge in [0, 0.05) is 34.1 Å². The average molecular weight is 366 g/mol. The molecule has 1 aliphatic rings. The lowest BCUT2D eigenvalue weighted by Gasteiger charge is -2.18. The summed E-state index contributed by atoms with van der Waals surface area (Å²) in [5.74, 6) is 1.85. The zero-order valence-electron chi connectivity index (χ0n) is 15.6. The molecular weight excluding hydrogens is 343 g/mol. The van der Waals surface area contributed by atoms with Crippen LogP contribution < -0.4 is 14.8 Å². The van der Waals surface area contributed by atoms with Crippen molar-refractivity contribution in [1.29, 1.82) is 0 Å². The van der Waals surface area contributed by atoms with Crippen molar-refractivity contribution in [2.45, 2.75) is 31.7 Å². The van der Waals surface area contributed by atoms with Gasteiger partial charge < -0.3 is 14.8 Å². The van der Waals surface area contributed by atoms with Crippen LogP contribution in [0.5, 0.6) is 11.5 Å². The lowest BCUT2D eigenvalue weighted by Crippen LogP contribution is -2.15. The number of methoxy groups -OCH3 is 2. The van der Waals surface area contributed by atoms with Crippen LogP contribution in [-0.4, -0.2) is 25.2 Å². The van der Waals surface area contributed by atoms with E-state index in [0.29, 0.717) is 17.4 Å². The van der Waals surface area contributed by atoms with Crippen LogP contribution in [0.3, 0.4) is 0 Å². The summed E-state index contributed by atoms with van der Waals surface area (Å²) in [5.41, 5.74) is 1.45. The first kappa shape index (κ1) is 17.6. The summed E-state index contributed by atoms with van der Waals surface area (Å²) in [6.45, 7) is 0. The monoisotopic (exact) mass is 366 g/mol. The van der Waals surface area contributed by atoms with Gasteiger partial charge in [-0.3, -0.25) is 0 Å². The van der Waals surface area contributed by atoms with Gasteiger partial charge in [-0.25, -0.2) is 9.37 Å². The zero-order chi connectivity index (χ0) is 18.8. The Balaban J connectivity index is 1.93. The molecule has 0 bridgehead atoms. The molecule has 0 unspecified atom stereocenters. The van der Waals surface area contributed by atoms with Crippen LogP contribution >= 0.6 is 0 Å². The predicted octanol–water partition coefficient (Wildman–Crippen LogP) is 5.41. The van der Waals surface area contributed by atoms with Crippen LogP contribution in [0.25, 0.3) is 21.9 Å². The molecule has 0 radical (unpaired) electrons. The summed E-state index contributed by atoms with van der Waals surface area (Å²) in [6, 6.07) is 10.8. The Morgan fingerprint density at radius 3 is 2.52 bits per heavy atom. The number of halogens is 1. The molecule has 1 fully saturated rings. The Morgan fingerprint density at radius 1 is 1.00 bits per heavy atom. The number of rotatable bonds is 5. The van der Waals surface area contributed by atoms with Crippen molar-refractivity contribution in [3.05, 3.63) is 48.4 Å². The number of ether oxygens (including phenoxy) is 2. The van der Waals surface area contributed by atoms with Gasteiger partial charge in [0.1, 0.15) is 23.1 Å². The van der Waals surface area contributed by atoms with Gasteiger partial charge in [0.05, 0.1) is 14.2 Å². The van der Waals surface area contributed by atoms with Crippen molar-refractivity contribution in [2.75, 3.05) is 19.5 Å². The first-order valence-electron chi connectivity index (χ1n) is 9.27. The Labute approximate surface area is 158 Å². The smallest absolute Gasteiger partial charge is 0.134 e. The molecule has 4 nitrogen and oxygen atoms in total. The molecule has 3 aromatic rings. The van der Waals surface area contributed by atoms with Crippen molar-refractivity contribution in [3.8, 4) is 22.6 Å². The normalized spacial score (nSPS) is 14.5. The van der Waals surface area contributed by atoms with Crippen molar-refractivity contribution in [1.82, 2.24) is 4.98 Å². The molecule has 0 spiro atoms. The van der Waals surface area contributed by atoms with Crippen molar-refractivity contribution in [2.24, 2.45) is 0 Å². The van der Waals surface area contributed by atoms with Gasteiger partial charge in [-0.2, -0.15) is 0 Å². The van der Waals surface area contributed by atoms with Crippen LogP contribution in [0.15, 0.2) is 42.6 Å². The quantitative estimate of drug-likeness (QED) is 0.655. The third kappa shape index (κ3) is 3.29. The first-order valence-corrected chi connectivity index (χ1v) is 9.27. The average Bonchev–Trinajstić information content (AvgIpc) is 3.21. The van der Waals surface area contributed by atoms with Crippen molar-refractivity contribution < 1.29 is 13.9 Å². The fraction of sp³-hybridized carbons (Fsp3) is 0.318. The molecule has 1 aliphatic carbocycles. The number of hydrogen-bond acceptors (Lipinski definition) is 4. The van der Waals surface area contributed by atoms with Gasteiger partial charge in [0.15, 0.2) is 0 Å². The van der Waals surface area contributed by atoms with E-state index in [0.717, 1.165) is 40.7 Å². The Kier molecular flexibility index (Phi) is 4.84. The maximum Gasteiger partial charge on any atom is 0.134 e. The molecule has 1 N–H and O–H groups in total. The minimum Gasteiger partial charge on any atom is -0.496 e. The molecule has 0 saturated heterocycles. The standard InChI is InChI=1S/C22H23FN2O2/c1-26-19-11-10-14(23)12-17(19)18-13-24-22(25-15-6-3-4-7-15)16-8-5-9-20(27-2)21(16)18/h5,8-13,15H,3-4,6-7H2,1-2H3,(H,24,25). The molecule has 0 aliphatic heterocycles. The molecule has 140 valence electrons. The number of pyridine rings is 1. The topological polar surface area (TPSA) is 43.4 Å². The summed E-state index contributed by atoms with van der Waals surface area (Å²) in [7, 11) is 3.23. The highest BCUT2D eigenvalue weighted by Gasteiger charge is 2.20. The third-order valence-corrected chi connectivity index (χ3v) is 5.24. The molecule has 27 heavy (non-hydrogen) atoms. The summed E-state index contributed by atoms with van der Waals surface area (Å²) < 4.78 is 25.1. The summed E-state index contributed by atoms with van der Waals surface area (Å²) in [6.07, 6.45) is 6.59. The van der Waals surface area contributed by atoms with E-state index in [2.05, 4.69) is 10.3 Å². The summed E-state index contributed by atoms with van der Waals surface area (Å²) >= 11 is 0. The lowest BCUT2D eigenvalue weighted by atomic mass is 9.98. The van der Waals surface area contributed by atoms with Crippen LogP contribution in [-0.2, 0) is 0 Å². The Morgan fingerprint density at radius 2 is 1.78 bits per heavy atom. The van der Waals surface area contributed by atoms with Crippen molar-refractivity contribution >= 4 is 16.6 Å². The molecular formula is C22H23FN2O2. The molecule has 0 amide bonds. The highest BCUT2D eigenvalue weighted by atomic mass is 19.1. The van der Waals surface area contributed by atoms with Crippen LogP contribution in [0.1, 0.15) is 25.7 Å². The number of aromatic nitrogens is 1. The highest BCUT2D eigenvalue weighted by Crippen LogP contribution is 2.41. The van der Waals surface area contributed by atoms with Gasteiger partial charge >= 0.3 is 0 Å². The van der Waals surface area contributed by atoms with E-state index in [4.69, 9.17) is 9.47 Å². The second-order valence-electron chi connectivity index (χ2n) is 6.87. The number of nitrogens with zero attached hydrogens (tertiary/aromatic N) is 1. The largest absolute Gasteiger partial charge is 0.496 e. The zero-order valence-corrected chi connectivity index (χ0v) is 15.6. The van der Waals surface area contributed by atoms with Gasteiger partial charge in [0.2, 0.25) is 0 Å². The summed E-state index contributed by atoms with van der Waals surface area (Å²) in [5, 5.41) is 5.45. The first-order chi connectivity index (χ1) is 13.2. The maximum atomic E-state index is 14.0. The number of nitrogens with one attached hydrogen (secondary N) is 1. The van der Waals surface area contributed by atoms with Gasteiger partial charge in [0.25, 0.3) is 0 Å². The fourth-order valence-electron chi connectivity index (χ4n) is 3.91. The minimum atomic E-state index is -0.318. The van der Waals surface area contributed by atoms with Crippen LogP contribution in [0.4, 0.5) is 10.2 Å². The Bertz CT molecular complexity index is 968. The van der Waals surface area contributed by atoms with E-state index in [9.17, 15) is 4.39 Å². The third-order valence-electron chi connectivity index (χ3n) is 5.24. The molecule has 1 aromatic heterocycles. The van der Waals surface area contributed by atoms with Crippen molar-refractivity contribution in [3.63, 3.8) is 0 Å². The SMILES string of the molecule is COc1ccc(F)cc1-c1cnc(NC2CCCC2)c2cccc(OC)c12. The molecule has 2 aromatic carbocycles. The Hall–Kier alpha value is -2.82. The van der Waals surface area contributed by atoms with Gasteiger partial charge in [-0.15, -0.1) is 0 Å². The maximum absolute atomic E-state index is 14.0. The van der Waals surface area contributed by atoms with Gasteiger partial charge in [-0.05, 0) is 37.1 Å². The second kappa shape index (κ2) is 7.43. The minimum absolute atomic E-state index is 0.318. The van der Waals surface area contributed by atoms with E-state index in [1.54, 1.807) is 26.5 Å². The van der Waals surface area contributed by atoms with Crippen LogP contribution in [0, 0.1) is 5.82 Å². The number of hydrogen-bond donors (Lipinski definition) is 1. The predicted molar refractivity (Wildman–Crippen MR) is 106 cm³/mol. The molecule has 1 saturated carbocycles. The highest BCUT2D eigenvalue weighted by molar-refractivity contribution is 6.06. The van der Waals surface area contributed by atoms with Crippen LogP contribution in [0.2, 0.25) is 0 Å².